The maximum atomic E-state index is 10.2. The van der Waals surface area contributed by atoms with Crippen LogP contribution in [0.15, 0.2) is 34.1 Å². The predicted molar refractivity (Wildman–Crippen MR) is 79.3 cm³/mol. The highest BCUT2D eigenvalue weighted by Crippen LogP contribution is 2.44. The number of benzene rings is 2. The Balaban J connectivity index is 2.54. The number of aryl methyl sites for hydroxylation is 4. The minimum Gasteiger partial charge on any atom is -0.506 e. The van der Waals surface area contributed by atoms with Gasteiger partial charge in [0.25, 0.3) is 0 Å². The van der Waals surface area contributed by atoms with E-state index in [-0.39, 0.29) is 0 Å². The average molecular weight is 274 g/mol. The van der Waals surface area contributed by atoms with E-state index in [1.54, 1.807) is 0 Å². The van der Waals surface area contributed by atoms with Crippen molar-refractivity contribution >= 4 is 11.8 Å². The van der Waals surface area contributed by atoms with Crippen LogP contribution < -0.4 is 0 Å². The normalized spacial score (nSPS) is 10.7. The van der Waals surface area contributed by atoms with E-state index in [9.17, 15) is 10.2 Å². The maximum Gasteiger partial charge on any atom is 0.132 e. The molecule has 0 atom stereocenters. The molecule has 0 fully saturated rings. The van der Waals surface area contributed by atoms with Crippen LogP contribution in [0.1, 0.15) is 22.3 Å². The Kier molecular flexibility index (Phi) is 3.76. The number of phenols is 2. The van der Waals surface area contributed by atoms with Crippen molar-refractivity contribution in [3.05, 3.63) is 46.5 Å². The summed E-state index contributed by atoms with van der Waals surface area (Å²) in [5.74, 6) is 0.593. The van der Waals surface area contributed by atoms with E-state index in [4.69, 9.17) is 0 Å². The van der Waals surface area contributed by atoms with Gasteiger partial charge in [-0.3, -0.25) is 0 Å². The van der Waals surface area contributed by atoms with Crippen molar-refractivity contribution in [1.82, 2.24) is 0 Å². The minimum absolute atomic E-state index is 0.297. The highest BCUT2D eigenvalue weighted by molar-refractivity contribution is 7.99. The Labute approximate surface area is 118 Å². The van der Waals surface area contributed by atoms with Gasteiger partial charge in [0.15, 0.2) is 0 Å². The summed E-state index contributed by atoms with van der Waals surface area (Å²) >= 11 is 1.42. The summed E-state index contributed by atoms with van der Waals surface area (Å²) < 4.78 is 0. The van der Waals surface area contributed by atoms with Crippen molar-refractivity contribution in [1.29, 1.82) is 0 Å². The molecule has 0 saturated carbocycles. The third-order valence-electron chi connectivity index (χ3n) is 3.26. The second-order valence-electron chi connectivity index (χ2n) is 4.86. The lowest BCUT2D eigenvalue weighted by Crippen LogP contribution is -1.88. The van der Waals surface area contributed by atoms with Crippen LogP contribution in [-0.4, -0.2) is 10.2 Å². The Morgan fingerprint density at radius 1 is 0.632 bits per heavy atom. The Morgan fingerprint density at radius 3 is 1.32 bits per heavy atom. The van der Waals surface area contributed by atoms with Crippen molar-refractivity contribution in [3.8, 4) is 11.5 Å². The molecule has 2 rings (SSSR count). The summed E-state index contributed by atoms with van der Waals surface area (Å²) in [5.41, 5.74) is 3.71. The van der Waals surface area contributed by atoms with Crippen LogP contribution in [-0.2, 0) is 0 Å². The maximum absolute atomic E-state index is 10.2. The van der Waals surface area contributed by atoms with Gasteiger partial charge in [0.1, 0.15) is 11.5 Å². The zero-order chi connectivity index (χ0) is 14.2. The zero-order valence-electron chi connectivity index (χ0n) is 11.6. The molecule has 0 aliphatic heterocycles. The third-order valence-corrected chi connectivity index (χ3v) is 4.70. The Morgan fingerprint density at radius 2 is 0.947 bits per heavy atom. The van der Waals surface area contributed by atoms with Gasteiger partial charge in [-0.05, 0) is 49.9 Å². The quantitative estimate of drug-likeness (QED) is 0.848. The van der Waals surface area contributed by atoms with E-state index in [1.807, 2.05) is 52.0 Å². The van der Waals surface area contributed by atoms with E-state index in [1.165, 1.54) is 11.8 Å². The Hall–Kier alpha value is -1.61. The first-order valence-electron chi connectivity index (χ1n) is 6.18. The summed E-state index contributed by atoms with van der Waals surface area (Å²) in [6, 6.07) is 7.77. The average Bonchev–Trinajstić information content (AvgIpc) is 2.38. The molecule has 0 heterocycles. The molecular weight excluding hydrogens is 256 g/mol. The number of phenolic OH excluding ortho intramolecular Hbond substituents is 2. The first kappa shape index (κ1) is 13.8. The fourth-order valence-corrected chi connectivity index (χ4v) is 3.08. The summed E-state index contributed by atoms with van der Waals surface area (Å²) in [4.78, 5) is 1.62. The topological polar surface area (TPSA) is 40.5 Å². The molecule has 2 N–H and O–H groups in total. The number of rotatable bonds is 2. The largest absolute Gasteiger partial charge is 0.506 e. The molecule has 2 nitrogen and oxygen atoms in total. The second-order valence-corrected chi connectivity index (χ2v) is 5.88. The van der Waals surface area contributed by atoms with Gasteiger partial charge in [0, 0.05) is 0 Å². The van der Waals surface area contributed by atoms with Crippen molar-refractivity contribution in [2.75, 3.05) is 0 Å². The molecule has 0 unspecified atom stereocenters. The van der Waals surface area contributed by atoms with Gasteiger partial charge in [-0.25, -0.2) is 0 Å². The number of aromatic hydroxyl groups is 2. The van der Waals surface area contributed by atoms with Crippen LogP contribution >= 0.6 is 11.8 Å². The van der Waals surface area contributed by atoms with E-state index in [0.717, 1.165) is 32.0 Å². The molecule has 19 heavy (non-hydrogen) atoms. The molecule has 3 heteroatoms. The van der Waals surface area contributed by atoms with Gasteiger partial charge in [-0.2, -0.15) is 0 Å². The second kappa shape index (κ2) is 5.17. The highest BCUT2D eigenvalue weighted by Gasteiger charge is 2.14. The fraction of sp³-hybridized carbons (Fsp3) is 0.250. The monoisotopic (exact) mass is 274 g/mol. The van der Waals surface area contributed by atoms with Gasteiger partial charge in [0.05, 0.1) is 9.79 Å². The summed E-state index contributed by atoms with van der Waals surface area (Å²) in [7, 11) is 0. The smallest absolute Gasteiger partial charge is 0.132 e. The van der Waals surface area contributed by atoms with Crippen molar-refractivity contribution in [2.24, 2.45) is 0 Å². The summed E-state index contributed by atoms with van der Waals surface area (Å²) in [6.45, 7) is 7.68. The lowest BCUT2D eigenvalue weighted by atomic mass is 10.1. The van der Waals surface area contributed by atoms with Gasteiger partial charge in [0.2, 0.25) is 0 Å². The van der Waals surface area contributed by atoms with Crippen molar-refractivity contribution < 1.29 is 10.2 Å². The Bertz CT molecular complexity index is 578. The molecule has 100 valence electrons. The van der Waals surface area contributed by atoms with E-state index >= 15 is 0 Å². The summed E-state index contributed by atoms with van der Waals surface area (Å²) in [6.07, 6.45) is 0. The molecule has 0 aliphatic carbocycles. The molecule has 0 amide bonds. The molecule has 0 aromatic heterocycles. The molecule has 0 bridgehead atoms. The number of hydrogen-bond donors (Lipinski definition) is 2. The van der Waals surface area contributed by atoms with E-state index in [2.05, 4.69) is 0 Å². The zero-order valence-corrected chi connectivity index (χ0v) is 12.4. The van der Waals surface area contributed by atoms with Crippen LogP contribution in [0.3, 0.4) is 0 Å². The fourth-order valence-electron chi connectivity index (χ4n) is 1.90. The molecule has 2 aromatic rings. The molecule has 2 aromatic carbocycles. The lowest BCUT2D eigenvalue weighted by molar-refractivity contribution is 0.454. The molecule has 0 saturated heterocycles. The first-order valence-corrected chi connectivity index (χ1v) is 6.99. The van der Waals surface area contributed by atoms with Gasteiger partial charge in [-0.15, -0.1) is 0 Å². The molecule has 0 aliphatic rings. The predicted octanol–water partition coefficient (Wildman–Crippen LogP) is 4.48. The van der Waals surface area contributed by atoms with Crippen LogP contribution in [0.5, 0.6) is 11.5 Å². The first-order chi connectivity index (χ1) is 8.91. The van der Waals surface area contributed by atoms with Gasteiger partial charge < -0.3 is 10.2 Å². The molecule has 0 radical (unpaired) electrons. The number of hydrogen-bond acceptors (Lipinski definition) is 3. The highest BCUT2D eigenvalue weighted by atomic mass is 32.2. The lowest BCUT2D eigenvalue weighted by Gasteiger charge is -2.14. The van der Waals surface area contributed by atoms with E-state index in [0.29, 0.717) is 11.5 Å². The van der Waals surface area contributed by atoms with E-state index < -0.39 is 0 Å². The SMILES string of the molecule is Cc1ccc(C)c(Sc2c(C)ccc(C)c2O)c1O. The van der Waals surface area contributed by atoms with Crippen molar-refractivity contribution in [3.63, 3.8) is 0 Å². The minimum atomic E-state index is 0.297. The molecular formula is C16H18O2S. The summed E-state index contributed by atoms with van der Waals surface area (Å²) in [5, 5.41) is 20.4. The van der Waals surface area contributed by atoms with Crippen molar-refractivity contribution in [2.45, 2.75) is 37.5 Å². The van der Waals surface area contributed by atoms with Gasteiger partial charge >= 0.3 is 0 Å². The van der Waals surface area contributed by atoms with Crippen LogP contribution in [0, 0.1) is 27.7 Å². The van der Waals surface area contributed by atoms with Gasteiger partial charge in [-0.1, -0.05) is 36.0 Å². The van der Waals surface area contributed by atoms with Crippen LogP contribution in [0.25, 0.3) is 0 Å². The third kappa shape index (κ3) is 2.56. The van der Waals surface area contributed by atoms with Crippen LogP contribution in [0.4, 0.5) is 0 Å². The van der Waals surface area contributed by atoms with Crippen LogP contribution in [0.2, 0.25) is 0 Å². The molecule has 0 spiro atoms. The standard InChI is InChI=1S/C16H18O2S/c1-9-5-7-11(3)15(13(9)17)19-16-12(4)8-6-10(2)14(16)18/h5-8,17-18H,1-4H3.